The number of carbonyl (C=O) groups excluding carboxylic acids is 1. The summed E-state index contributed by atoms with van der Waals surface area (Å²) in [4.78, 5) is 12.5. The molecule has 0 aliphatic carbocycles. The van der Waals surface area contributed by atoms with Gasteiger partial charge in [-0.25, -0.2) is 0 Å². The van der Waals surface area contributed by atoms with Gasteiger partial charge < -0.3 is 20.6 Å². The van der Waals surface area contributed by atoms with Crippen LogP contribution in [0.4, 0.5) is 0 Å². The molecule has 0 aromatic heterocycles. The van der Waals surface area contributed by atoms with Crippen LogP contribution >= 0.6 is 0 Å². The van der Waals surface area contributed by atoms with Crippen molar-refractivity contribution in [2.24, 2.45) is 0 Å². The van der Waals surface area contributed by atoms with Gasteiger partial charge in [-0.1, -0.05) is 275 Å². The number of hydrogen-bond acceptors (Lipinski definition) is 4. The first kappa shape index (κ1) is 59.6. The second-order valence-corrected chi connectivity index (χ2v) is 18.8. The number of unbranched alkanes of at least 4 members (excludes halogenated alkanes) is 38. The normalized spacial score (nSPS) is 13.6. The standard InChI is InChI=1S/C56H107NO4/c1-3-5-7-9-11-13-15-17-19-21-23-24-25-26-27-28-29-30-31-33-35-37-39-41-43-45-47-49-51-55(60)56(61)57-53(52-58)54(59)50-48-46-44-42-40-38-36-34-32-22-20-18-16-14-12-10-8-6-4-2/h23-24,26-27,48,50,53-55,58-60H,3-22,25,28-47,49,51-52H2,1-2H3,(H,57,61)/b24-23-,27-26-,50-48+. The summed E-state index contributed by atoms with van der Waals surface area (Å²) in [6.45, 7) is 4.21. The van der Waals surface area contributed by atoms with Crippen LogP contribution in [0.2, 0.25) is 0 Å². The van der Waals surface area contributed by atoms with Crippen molar-refractivity contribution in [1.29, 1.82) is 0 Å². The number of aliphatic hydroxyl groups excluding tert-OH is 3. The summed E-state index contributed by atoms with van der Waals surface area (Å²) < 4.78 is 0. The fraction of sp³-hybridized carbons (Fsp3) is 0.875. The van der Waals surface area contributed by atoms with E-state index in [0.29, 0.717) is 6.42 Å². The highest BCUT2D eigenvalue weighted by molar-refractivity contribution is 5.80. The highest BCUT2D eigenvalue weighted by Gasteiger charge is 2.22. The first-order valence-electron chi connectivity index (χ1n) is 27.3. The Kier molecular flexibility index (Phi) is 50.0. The predicted octanol–water partition coefficient (Wildman–Crippen LogP) is 16.7. The molecule has 1 amide bonds. The zero-order valence-corrected chi connectivity index (χ0v) is 41.1. The second-order valence-electron chi connectivity index (χ2n) is 18.8. The fourth-order valence-electron chi connectivity index (χ4n) is 8.45. The van der Waals surface area contributed by atoms with Gasteiger partial charge in [0.2, 0.25) is 5.91 Å². The lowest BCUT2D eigenvalue weighted by molar-refractivity contribution is -0.131. The van der Waals surface area contributed by atoms with Gasteiger partial charge in [0.05, 0.1) is 18.8 Å². The van der Waals surface area contributed by atoms with Gasteiger partial charge in [0.25, 0.3) is 0 Å². The zero-order chi connectivity index (χ0) is 44.4. The van der Waals surface area contributed by atoms with Gasteiger partial charge in [0.15, 0.2) is 0 Å². The van der Waals surface area contributed by atoms with Gasteiger partial charge in [-0.3, -0.25) is 4.79 Å². The van der Waals surface area contributed by atoms with E-state index < -0.39 is 24.2 Å². The van der Waals surface area contributed by atoms with Crippen molar-refractivity contribution in [3.05, 3.63) is 36.5 Å². The number of nitrogens with one attached hydrogen (secondary N) is 1. The lowest BCUT2D eigenvalue weighted by Gasteiger charge is -2.21. The van der Waals surface area contributed by atoms with Crippen LogP contribution in [-0.4, -0.2) is 46.1 Å². The quantitative estimate of drug-likeness (QED) is 0.0362. The molecule has 3 unspecified atom stereocenters. The van der Waals surface area contributed by atoms with Gasteiger partial charge in [-0.15, -0.1) is 0 Å². The van der Waals surface area contributed by atoms with Crippen molar-refractivity contribution in [3.63, 3.8) is 0 Å². The largest absolute Gasteiger partial charge is 0.394 e. The molecule has 0 aromatic carbocycles. The third-order valence-corrected chi connectivity index (χ3v) is 12.7. The van der Waals surface area contributed by atoms with E-state index in [4.69, 9.17) is 0 Å². The van der Waals surface area contributed by atoms with Gasteiger partial charge in [-0.05, 0) is 51.4 Å². The second kappa shape index (κ2) is 51.2. The molecule has 0 aliphatic heterocycles. The highest BCUT2D eigenvalue weighted by Crippen LogP contribution is 2.17. The minimum atomic E-state index is -1.10. The third-order valence-electron chi connectivity index (χ3n) is 12.7. The number of hydrogen-bond donors (Lipinski definition) is 4. The summed E-state index contributed by atoms with van der Waals surface area (Å²) in [6.07, 6.45) is 66.4. The van der Waals surface area contributed by atoms with E-state index in [0.717, 1.165) is 38.5 Å². The number of aliphatic hydroxyl groups is 3. The lowest BCUT2D eigenvalue weighted by atomic mass is 10.0. The highest BCUT2D eigenvalue weighted by atomic mass is 16.3. The Bertz CT molecular complexity index is 947. The molecule has 61 heavy (non-hydrogen) atoms. The Hall–Kier alpha value is -1.43. The Labute approximate surface area is 381 Å². The molecule has 5 heteroatoms. The number of rotatable bonds is 50. The average Bonchev–Trinajstić information content (AvgIpc) is 3.26. The van der Waals surface area contributed by atoms with Crippen LogP contribution in [0, 0.1) is 0 Å². The Morgan fingerprint density at radius 2 is 0.705 bits per heavy atom. The van der Waals surface area contributed by atoms with Crippen LogP contribution in [0.25, 0.3) is 0 Å². The molecule has 0 fully saturated rings. The van der Waals surface area contributed by atoms with E-state index in [2.05, 4.69) is 43.5 Å². The first-order chi connectivity index (χ1) is 30.1. The van der Waals surface area contributed by atoms with Crippen molar-refractivity contribution < 1.29 is 20.1 Å². The molecule has 0 saturated carbocycles. The molecule has 0 bridgehead atoms. The number of amides is 1. The maximum Gasteiger partial charge on any atom is 0.249 e. The van der Waals surface area contributed by atoms with Gasteiger partial charge in [0, 0.05) is 0 Å². The molecule has 0 aromatic rings. The van der Waals surface area contributed by atoms with Crippen molar-refractivity contribution in [3.8, 4) is 0 Å². The van der Waals surface area contributed by atoms with Gasteiger partial charge >= 0.3 is 0 Å². The zero-order valence-electron chi connectivity index (χ0n) is 41.1. The van der Waals surface area contributed by atoms with Crippen LogP contribution < -0.4 is 5.32 Å². The molecule has 360 valence electrons. The summed E-state index contributed by atoms with van der Waals surface area (Å²) in [5.41, 5.74) is 0. The van der Waals surface area contributed by atoms with Crippen LogP contribution in [0.15, 0.2) is 36.5 Å². The van der Waals surface area contributed by atoms with E-state index in [1.54, 1.807) is 6.08 Å². The minimum Gasteiger partial charge on any atom is -0.394 e. The monoisotopic (exact) mass is 858 g/mol. The summed E-state index contributed by atoms with van der Waals surface area (Å²) in [7, 11) is 0. The predicted molar refractivity (Wildman–Crippen MR) is 268 cm³/mol. The SMILES string of the molecule is CCCCCCCCCCC/C=C\C/C=C\CCCCCCCCCCCCCCC(O)C(=O)NC(CO)C(O)/C=C/CCCCCCCCCCCCCCCCCCC. The molecule has 0 heterocycles. The first-order valence-corrected chi connectivity index (χ1v) is 27.3. The Balaban J connectivity index is 3.58. The maximum absolute atomic E-state index is 12.5. The summed E-state index contributed by atoms with van der Waals surface area (Å²) >= 11 is 0. The van der Waals surface area contributed by atoms with Crippen LogP contribution in [-0.2, 0) is 4.79 Å². The van der Waals surface area contributed by atoms with Crippen LogP contribution in [0.3, 0.4) is 0 Å². The molecule has 3 atom stereocenters. The number of allylic oxidation sites excluding steroid dienone is 5. The fourth-order valence-corrected chi connectivity index (χ4v) is 8.45. The van der Waals surface area contributed by atoms with Crippen molar-refractivity contribution in [1.82, 2.24) is 5.32 Å². The summed E-state index contributed by atoms with van der Waals surface area (Å²) in [6, 6.07) is -0.798. The lowest BCUT2D eigenvalue weighted by Crippen LogP contribution is -2.48. The van der Waals surface area contributed by atoms with E-state index >= 15 is 0 Å². The minimum absolute atomic E-state index is 0.363. The number of carbonyl (C=O) groups is 1. The Morgan fingerprint density at radius 3 is 1.03 bits per heavy atom. The van der Waals surface area contributed by atoms with Gasteiger partial charge in [-0.2, -0.15) is 0 Å². The summed E-state index contributed by atoms with van der Waals surface area (Å²) in [5.74, 6) is -0.501. The van der Waals surface area contributed by atoms with E-state index in [1.807, 2.05) is 6.08 Å². The smallest absolute Gasteiger partial charge is 0.249 e. The van der Waals surface area contributed by atoms with E-state index in [1.165, 1.54) is 231 Å². The molecular formula is C56H107NO4. The Morgan fingerprint density at radius 1 is 0.410 bits per heavy atom. The molecule has 0 aliphatic rings. The molecule has 0 spiro atoms. The molecule has 5 nitrogen and oxygen atoms in total. The average molecular weight is 858 g/mol. The topological polar surface area (TPSA) is 89.8 Å². The molecule has 0 saturated heterocycles. The molecule has 0 rings (SSSR count). The van der Waals surface area contributed by atoms with E-state index in [-0.39, 0.29) is 6.61 Å². The van der Waals surface area contributed by atoms with Crippen molar-refractivity contribution in [2.75, 3.05) is 6.61 Å². The third kappa shape index (κ3) is 46.4. The van der Waals surface area contributed by atoms with Crippen LogP contribution in [0.5, 0.6) is 0 Å². The van der Waals surface area contributed by atoms with Crippen molar-refractivity contribution >= 4 is 5.91 Å². The molecule has 0 radical (unpaired) electrons. The van der Waals surface area contributed by atoms with Crippen LogP contribution in [0.1, 0.15) is 290 Å². The maximum atomic E-state index is 12.5. The molecular weight excluding hydrogens is 751 g/mol. The van der Waals surface area contributed by atoms with Gasteiger partial charge in [0.1, 0.15) is 6.10 Å². The van der Waals surface area contributed by atoms with E-state index in [9.17, 15) is 20.1 Å². The molecule has 4 N–H and O–H groups in total. The van der Waals surface area contributed by atoms with Crippen molar-refractivity contribution in [2.45, 2.75) is 308 Å². The summed E-state index contributed by atoms with van der Waals surface area (Å²) in [5, 5.41) is 33.3.